The molecule has 0 aliphatic heterocycles. The van der Waals surface area contributed by atoms with Gasteiger partial charge in [0.1, 0.15) is 11.6 Å². The van der Waals surface area contributed by atoms with Crippen molar-refractivity contribution in [2.45, 2.75) is 45.6 Å². The maximum Gasteiger partial charge on any atom is 0.123 e. The first-order valence-corrected chi connectivity index (χ1v) is 7.17. The molecule has 1 unspecified atom stereocenters. The van der Waals surface area contributed by atoms with Crippen molar-refractivity contribution < 1.29 is 9.13 Å². The molecule has 1 fully saturated rings. The molecule has 1 saturated carbocycles. The van der Waals surface area contributed by atoms with Gasteiger partial charge in [-0.3, -0.25) is 0 Å². The second-order valence-corrected chi connectivity index (χ2v) is 5.74. The number of halogens is 1. The monoisotopic (exact) mass is 265 g/mol. The third kappa shape index (κ3) is 2.92. The standard InChI is InChI=1S/C16H24FNO/c1-4-18-15(16(2)9-5-6-10-16)13-11-12(17)7-8-14(13)19-3/h7-8,11,15,18H,4-6,9-10H2,1-3H3. The molecule has 0 bridgehead atoms. The SMILES string of the molecule is CCNC(c1cc(F)ccc1OC)C1(C)CCCC1. The van der Waals surface area contributed by atoms with Crippen LogP contribution in [0.4, 0.5) is 4.39 Å². The summed E-state index contributed by atoms with van der Waals surface area (Å²) < 4.78 is 19.0. The molecule has 0 amide bonds. The molecule has 0 heterocycles. The van der Waals surface area contributed by atoms with Crippen LogP contribution in [0.15, 0.2) is 18.2 Å². The number of methoxy groups -OCH3 is 1. The number of rotatable bonds is 5. The molecule has 0 aromatic heterocycles. The van der Waals surface area contributed by atoms with Gasteiger partial charge < -0.3 is 10.1 Å². The van der Waals surface area contributed by atoms with Crippen molar-refractivity contribution >= 4 is 0 Å². The average Bonchev–Trinajstić information content (AvgIpc) is 2.83. The van der Waals surface area contributed by atoms with E-state index in [2.05, 4.69) is 19.2 Å². The third-order valence-corrected chi connectivity index (χ3v) is 4.35. The van der Waals surface area contributed by atoms with Crippen LogP contribution in [0.25, 0.3) is 0 Å². The summed E-state index contributed by atoms with van der Waals surface area (Å²) in [6.45, 7) is 5.27. The highest BCUT2D eigenvalue weighted by molar-refractivity contribution is 5.38. The lowest BCUT2D eigenvalue weighted by atomic mass is 9.77. The smallest absolute Gasteiger partial charge is 0.123 e. The Bertz CT molecular complexity index is 427. The Morgan fingerprint density at radius 1 is 1.37 bits per heavy atom. The van der Waals surface area contributed by atoms with E-state index in [4.69, 9.17) is 4.74 Å². The van der Waals surface area contributed by atoms with Gasteiger partial charge in [0, 0.05) is 11.6 Å². The van der Waals surface area contributed by atoms with Gasteiger partial charge in [0.15, 0.2) is 0 Å². The normalized spacial score (nSPS) is 19.4. The molecule has 106 valence electrons. The summed E-state index contributed by atoms with van der Waals surface area (Å²) in [6, 6.07) is 4.97. The van der Waals surface area contributed by atoms with Crippen LogP contribution in [0.5, 0.6) is 5.75 Å². The van der Waals surface area contributed by atoms with Gasteiger partial charge in [0.2, 0.25) is 0 Å². The predicted octanol–water partition coefficient (Wildman–Crippen LogP) is 4.07. The van der Waals surface area contributed by atoms with Crippen LogP contribution in [-0.2, 0) is 0 Å². The summed E-state index contributed by atoms with van der Waals surface area (Å²) in [5.41, 5.74) is 1.14. The summed E-state index contributed by atoms with van der Waals surface area (Å²) >= 11 is 0. The summed E-state index contributed by atoms with van der Waals surface area (Å²) in [5, 5.41) is 3.54. The van der Waals surface area contributed by atoms with Gasteiger partial charge in [0.25, 0.3) is 0 Å². The van der Waals surface area contributed by atoms with Crippen molar-refractivity contribution in [2.75, 3.05) is 13.7 Å². The fourth-order valence-corrected chi connectivity index (χ4v) is 3.34. The van der Waals surface area contributed by atoms with Crippen LogP contribution in [0.3, 0.4) is 0 Å². The topological polar surface area (TPSA) is 21.3 Å². The second-order valence-electron chi connectivity index (χ2n) is 5.74. The molecule has 19 heavy (non-hydrogen) atoms. The molecular weight excluding hydrogens is 241 g/mol. The Hall–Kier alpha value is -1.09. The molecule has 2 nitrogen and oxygen atoms in total. The Balaban J connectivity index is 2.40. The molecule has 1 aromatic carbocycles. The van der Waals surface area contributed by atoms with Crippen LogP contribution in [-0.4, -0.2) is 13.7 Å². The molecule has 1 N–H and O–H groups in total. The molecular formula is C16H24FNO. The Labute approximate surface area is 115 Å². The predicted molar refractivity (Wildman–Crippen MR) is 75.9 cm³/mol. The summed E-state index contributed by atoms with van der Waals surface area (Å²) in [4.78, 5) is 0. The lowest BCUT2D eigenvalue weighted by Crippen LogP contribution is -2.34. The number of ether oxygens (including phenoxy) is 1. The van der Waals surface area contributed by atoms with Crippen molar-refractivity contribution in [1.82, 2.24) is 5.32 Å². The molecule has 1 aliphatic carbocycles. The Morgan fingerprint density at radius 2 is 2.05 bits per heavy atom. The van der Waals surface area contributed by atoms with Gasteiger partial charge in [-0.25, -0.2) is 4.39 Å². The molecule has 0 saturated heterocycles. The van der Waals surface area contributed by atoms with Gasteiger partial charge in [-0.1, -0.05) is 26.7 Å². The molecule has 1 aromatic rings. The minimum atomic E-state index is -0.194. The van der Waals surface area contributed by atoms with Gasteiger partial charge in [0.05, 0.1) is 7.11 Å². The van der Waals surface area contributed by atoms with Crippen molar-refractivity contribution in [2.24, 2.45) is 5.41 Å². The average molecular weight is 265 g/mol. The summed E-state index contributed by atoms with van der Waals surface area (Å²) in [5.74, 6) is 0.584. The van der Waals surface area contributed by atoms with Crippen LogP contribution in [0.1, 0.15) is 51.1 Å². The lowest BCUT2D eigenvalue weighted by molar-refractivity contribution is 0.220. The van der Waals surface area contributed by atoms with Crippen LogP contribution in [0.2, 0.25) is 0 Å². The van der Waals surface area contributed by atoms with E-state index >= 15 is 0 Å². The van der Waals surface area contributed by atoms with Gasteiger partial charge >= 0.3 is 0 Å². The second kappa shape index (κ2) is 5.91. The minimum Gasteiger partial charge on any atom is -0.496 e. The van der Waals surface area contributed by atoms with Gasteiger partial charge in [-0.2, -0.15) is 0 Å². The summed E-state index contributed by atoms with van der Waals surface area (Å²) in [6.07, 6.45) is 4.89. The number of benzene rings is 1. The quantitative estimate of drug-likeness (QED) is 0.866. The van der Waals surface area contributed by atoms with Gasteiger partial charge in [-0.15, -0.1) is 0 Å². The van der Waals surface area contributed by atoms with Gasteiger partial charge in [-0.05, 0) is 43.0 Å². The molecule has 0 spiro atoms. The molecule has 1 aliphatic rings. The molecule has 2 rings (SSSR count). The zero-order chi connectivity index (χ0) is 13.9. The summed E-state index contributed by atoms with van der Waals surface area (Å²) in [7, 11) is 1.65. The van der Waals surface area contributed by atoms with E-state index in [1.807, 2.05) is 0 Å². The first-order valence-electron chi connectivity index (χ1n) is 7.17. The zero-order valence-corrected chi connectivity index (χ0v) is 12.1. The highest BCUT2D eigenvalue weighted by atomic mass is 19.1. The highest BCUT2D eigenvalue weighted by Crippen LogP contribution is 2.48. The van der Waals surface area contributed by atoms with Crippen molar-refractivity contribution in [1.29, 1.82) is 0 Å². The molecule has 0 radical (unpaired) electrons. The van der Waals surface area contributed by atoms with Crippen molar-refractivity contribution in [3.63, 3.8) is 0 Å². The van der Waals surface area contributed by atoms with E-state index in [-0.39, 0.29) is 17.3 Å². The minimum absolute atomic E-state index is 0.158. The zero-order valence-electron chi connectivity index (χ0n) is 12.1. The first-order chi connectivity index (χ1) is 9.10. The van der Waals surface area contributed by atoms with E-state index in [0.29, 0.717) is 0 Å². The molecule has 3 heteroatoms. The van der Waals surface area contributed by atoms with Crippen LogP contribution < -0.4 is 10.1 Å². The van der Waals surface area contributed by atoms with Crippen LogP contribution in [0, 0.1) is 11.2 Å². The maximum atomic E-state index is 13.6. The highest BCUT2D eigenvalue weighted by Gasteiger charge is 2.38. The number of nitrogens with one attached hydrogen (secondary N) is 1. The first kappa shape index (κ1) is 14.3. The largest absolute Gasteiger partial charge is 0.496 e. The van der Waals surface area contributed by atoms with E-state index < -0.39 is 0 Å². The van der Waals surface area contributed by atoms with E-state index in [1.54, 1.807) is 19.2 Å². The Morgan fingerprint density at radius 3 is 2.63 bits per heavy atom. The van der Waals surface area contributed by atoms with E-state index in [9.17, 15) is 4.39 Å². The van der Waals surface area contributed by atoms with Crippen molar-refractivity contribution in [3.8, 4) is 5.75 Å². The third-order valence-electron chi connectivity index (χ3n) is 4.35. The van der Waals surface area contributed by atoms with Crippen molar-refractivity contribution in [3.05, 3.63) is 29.6 Å². The van der Waals surface area contributed by atoms with Crippen LogP contribution >= 0.6 is 0 Å². The number of hydrogen-bond donors (Lipinski definition) is 1. The lowest BCUT2D eigenvalue weighted by Gasteiger charge is -2.36. The number of hydrogen-bond acceptors (Lipinski definition) is 2. The fraction of sp³-hybridized carbons (Fsp3) is 0.625. The van der Waals surface area contributed by atoms with E-state index in [0.717, 1.165) is 17.9 Å². The molecule has 1 atom stereocenters. The fourth-order valence-electron chi connectivity index (χ4n) is 3.34. The van der Waals surface area contributed by atoms with E-state index in [1.165, 1.54) is 31.7 Å². The Kier molecular flexibility index (Phi) is 4.46. The maximum absolute atomic E-state index is 13.6.